The highest BCUT2D eigenvalue weighted by Crippen LogP contribution is 2.39. The summed E-state index contributed by atoms with van der Waals surface area (Å²) in [4.78, 5) is 11.8. The second kappa shape index (κ2) is 2.56. The van der Waals surface area contributed by atoms with E-state index in [1.807, 2.05) is 24.3 Å². The lowest BCUT2D eigenvalue weighted by molar-refractivity contribution is 0.153. The summed E-state index contributed by atoms with van der Waals surface area (Å²) in [7, 11) is 0. The number of anilines is 1. The second-order valence-electron chi connectivity index (χ2n) is 3.68. The quantitative estimate of drug-likeness (QED) is 0.631. The number of ether oxygens (including phenoxy) is 1. The molecular formula is C10H11N2O2+. The number of nitrogens with one attached hydrogen (secondary N) is 1. The molecule has 1 atom stereocenters. The van der Waals surface area contributed by atoms with E-state index in [2.05, 4.69) is 5.32 Å². The van der Waals surface area contributed by atoms with E-state index < -0.39 is 0 Å². The molecule has 2 aliphatic rings. The Kier molecular flexibility index (Phi) is 1.45. The predicted octanol–water partition coefficient (Wildman–Crippen LogP) is 1.53. The summed E-state index contributed by atoms with van der Waals surface area (Å²) < 4.78 is 5.64. The highest BCUT2D eigenvalue weighted by atomic mass is 16.5. The monoisotopic (exact) mass is 191 g/mol. The minimum atomic E-state index is 0.0312. The van der Waals surface area contributed by atoms with Crippen LogP contribution >= 0.6 is 0 Å². The van der Waals surface area contributed by atoms with Gasteiger partial charge in [0.1, 0.15) is 18.8 Å². The Balaban J connectivity index is 2.18. The van der Waals surface area contributed by atoms with Crippen LogP contribution in [-0.4, -0.2) is 25.9 Å². The molecule has 14 heavy (non-hydrogen) atoms. The molecule has 0 unspecified atom stereocenters. The Bertz CT molecular complexity index is 397. The summed E-state index contributed by atoms with van der Waals surface area (Å²) in [5, 5.41) is 2.88. The van der Waals surface area contributed by atoms with Gasteiger partial charge < -0.3 is 4.74 Å². The minimum Gasteiger partial charge on any atom is -0.325 e. The van der Waals surface area contributed by atoms with E-state index in [9.17, 15) is 4.79 Å². The number of urea groups is 1. The molecular weight excluding hydrogens is 180 g/mol. The Hall–Kier alpha value is -1.39. The Labute approximate surface area is 81.7 Å². The zero-order valence-corrected chi connectivity index (χ0v) is 7.69. The number of hydrogen-bond donors (Lipinski definition) is 1. The smallest absolute Gasteiger partial charge is 0.325 e. The third-order valence-electron chi connectivity index (χ3n) is 2.92. The van der Waals surface area contributed by atoms with E-state index >= 15 is 0 Å². The molecule has 0 saturated carbocycles. The van der Waals surface area contributed by atoms with E-state index in [-0.39, 0.29) is 6.03 Å². The molecule has 0 bridgehead atoms. The topological polar surface area (TPSA) is 38.3 Å². The molecule has 1 aromatic carbocycles. The molecule has 4 heteroatoms. The van der Waals surface area contributed by atoms with Gasteiger partial charge in [-0.1, -0.05) is 12.1 Å². The molecule has 72 valence electrons. The highest BCUT2D eigenvalue weighted by Gasteiger charge is 2.49. The van der Waals surface area contributed by atoms with Gasteiger partial charge in [0.05, 0.1) is 0 Å². The van der Waals surface area contributed by atoms with Crippen LogP contribution in [0.2, 0.25) is 0 Å². The van der Waals surface area contributed by atoms with Crippen molar-refractivity contribution in [2.45, 2.75) is 0 Å². The number of para-hydroxylation sites is 2. The van der Waals surface area contributed by atoms with Crippen LogP contribution in [0.15, 0.2) is 24.3 Å². The number of nitrogens with zero attached hydrogens (tertiary/aromatic N) is 1. The van der Waals surface area contributed by atoms with Crippen LogP contribution in [0, 0.1) is 0 Å². The number of hydrogen-bond acceptors (Lipinski definition) is 2. The van der Waals surface area contributed by atoms with Gasteiger partial charge in [-0.15, -0.1) is 0 Å². The standard InChI is InChI=1S/C10H10N2O2/c13-10-11-8-3-1-2-4-9(8)12(10)5-6-14-7-12/h1-4H,5-7H2/p+1/t12-/m0/s1. The molecule has 1 N–H and O–H groups in total. The van der Waals surface area contributed by atoms with Gasteiger partial charge in [0.25, 0.3) is 0 Å². The maximum atomic E-state index is 11.8. The number of rotatable bonds is 0. The molecule has 0 aromatic heterocycles. The fourth-order valence-electron chi connectivity index (χ4n) is 2.14. The van der Waals surface area contributed by atoms with E-state index in [4.69, 9.17) is 4.74 Å². The summed E-state index contributed by atoms with van der Waals surface area (Å²) in [6.07, 6.45) is 0. The van der Waals surface area contributed by atoms with Crippen molar-refractivity contribution >= 4 is 17.4 Å². The van der Waals surface area contributed by atoms with Crippen molar-refractivity contribution in [2.75, 3.05) is 25.2 Å². The van der Waals surface area contributed by atoms with Crippen molar-refractivity contribution in [1.82, 2.24) is 4.48 Å². The average molecular weight is 191 g/mol. The van der Waals surface area contributed by atoms with Crippen LogP contribution in [0.3, 0.4) is 0 Å². The number of benzene rings is 1. The first-order valence-corrected chi connectivity index (χ1v) is 4.69. The Morgan fingerprint density at radius 1 is 1.36 bits per heavy atom. The molecule has 2 heterocycles. The van der Waals surface area contributed by atoms with Gasteiger partial charge in [0.15, 0.2) is 12.4 Å². The van der Waals surface area contributed by atoms with Crippen LogP contribution in [0.1, 0.15) is 0 Å². The Morgan fingerprint density at radius 2 is 2.21 bits per heavy atom. The van der Waals surface area contributed by atoms with Crippen LogP contribution in [-0.2, 0) is 4.74 Å². The fraction of sp³-hybridized carbons (Fsp3) is 0.300. The van der Waals surface area contributed by atoms with Gasteiger partial charge in [-0.3, -0.25) is 5.32 Å². The number of carbonyl (C=O) groups is 1. The van der Waals surface area contributed by atoms with Crippen LogP contribution in [0.4, 0.5) is 16.2 Å². The van der Waals surface area contributed by atoms with Crippen molar-refractivity contribution in [2.24, 2.45) is 0 Å². The summed E-state index contributed by atoms with van der Waals surface area (Å²) >= 11 is 0. The normalized spacial score (nSPS) is 29.3. The number of carbonyl (C=O) groups excluding carboxylic acids is 1. The SMILES string of the molecule is O=C1Nc2ccccc2[N@@+]12CCOC2. The lowest BCUT2D eigenvalue weighted by atomic mass is 10.2. The van der Waals surface area contributed by atoms with E-state index in [0.29, 0.717) is 17.8 Å². The fourth-order valence-corrected chi connectivity index (χ4v) is 2.14. The van der Waals surface area contributed by atoms with Gasteiger partial charge in [-0.2, -0.15) is 4.48 Å². The van der Waals surface area contributed by atoms with Gasteiger partial charge >= 0.3 is 6.03 Å². The summed E-state index contributed by atoms with van der Waals surface area (Å²) in [5.41, 5.74) is 1.96. The van der Waals surface area contributed by atoms with E-state index in [1.54, 1.807) is 0 Å². The van der Waals surface area contributed by atoms with Crippen molar-refractivity contribution < 1.29 is 9.53 Å². The van der Waals surface area contributed by atoms with Gasteiger partial charge in [-0.05, 0) is 6.07 Å². The van der Waals surface area contributed by atoms with Gasteiger partial charge in [0, 0.05) is 6.07 Å². The number of fused-ring (bicyclic) bond motifs is 2. The van der Waals surface area contributed by atoms with E-state index in [1.165, 1.54) is 0 Å². The maximum absolute atomic E-state index is 11.8. The van der Waals surface area contributed by atoms with Gasteiger partial charge in [-0.25, -0.2) is 4.79 Å². The zero-order valence-electron chi connectivity index (χ0n) is 7.69. The van der Waals surface area contributed by atoms with E-state index in [0.717, 1.165) is 17.9 Å². The zero-order chi connectivity index (χ0) is 9.60. The molecule has 1 saturated heterocycles. The number of amides is 2. The number of quaternary nitrogens is 1. The van der Waals surface area contributed by atoms with Crippen molar-refractivity contribution in [3.8, 4) is 0 Å². The Morgan fingerprint density at radius 3 is 3.00 bits per heavy atom. The van der Waals surface area contributed by atoms with Crippen LogP contribution < -0.4 is 9.80 Å². The highest BCUT2D eigenvalue weighted by molar-refractivity contribution is 6.07. The second-order valence-corrected chi connectivity index (χ2v) is 3.68. The van der Waals surface area contributed by atoms with Crippen molar-refractivity contribution in [3.63, 3.8) is 0 Å². The summed E-state index contributed by atoms with van der Waals surface area (Å²) in [6.45, 7) is 1.85. The molecule has 1 fully saturated rings. The van der Waals surface area contributed by atoms with Crippen LogP contribution in [0.25, 0.3) is 0 Å². The largest absolute Gasteiger partial charge is 0.428 e. The molecule has 1 aromatic rings. The molecule has 3 rings (SSSR count). The molecule has 0 aliphatic carbocycles. The predicted molar refractivity (Wildman–Crippen MR) is 52.9 cm³/mol. The first kappa shape index (κ1) is 7.96. The third kappa shape index (κ3) is 0.818. The first-order valence-electron chi connectivity index (χ1n) is 4.69. The molecule has 1 spiro atoms. The average Bonchev–Trinajstić information content (AvgIpc) is 2.77. The van der Waals surface area contributed by atoms with Gasteiger partial charge in [0.2, 0.25) is 0 Å². The molecule has 4 nitrogen and oxygen atoms in total. The lowest BCUT2D eigenvalue weighted by Crippen LogP contribution is -2.50. The first-order chi connectivity index (χ1) is 6.83. The lowest BCUT2D eigenvalue weighted by Gasteiger charge is -2.21. The molecule has 0 radical (unpaired) electrons. The van der Waals surface area contributed by atoms with Crippen molar-refractivity contribution in [3.05, 3.63) is 24.3 Å². The molecule has 2 aliphatic heterocycles. The molecule has 2 amide bonds. The minimum absolute atomic E-state index is 0.0312. The summed E-state index contributed by atoms with van der Waals surface area (Å²) in [6, 6.07) is 7.83. The summed E-state index contributed by atoms with van der Waals surface area (Å²) in [5.74, 6) is 0. The van der Waals surface area contributed by atoms with Crippen LogP contribution in [0.5, 0.6) is 0 Å². The third-order valence-corrected chi connectivity index (χ3v) is 2.92. The maximum Gasteiger partial charge on any atom is 0.428 e. The van der Waals surface area contributed by atoms with Crippen molar-refractivity contribution in [1.29, 1.82) is 0 Å².